The zero-order valence-electron chi connectivity index (χ0n) is 21.2. The normalized spacial score (nSPS) is 12.9. The fourth-order valence-electron chi connectivity index (χ4n) is 5.25. The fourth-order valence-corrected chi connectivity index (χ4v) is 5.55. The van der Waals surface area contributed by atoms with Crippen molar-refractivity contribution < 1.29 is 4.74 Å². The molecule has 0 saturated heterocycles. The van der Waals surface area contributed by atoms with Crippen molar-refractivity contribution in [3.63, 3.8) is 0 Å². The molecule has 3 aromatic carbocycles. The second kappa shape index (κ2) is 9.87. The first kappa shape index (κ1) is 23.5. The van der Waals surface area contributed by atoms with Crippen LogP contribution in [0.1, 0.15) is 41.1 Å². The SMILES string of the molecule is Cc1ccc(C)c(NC(=S)c2c(-c3ccccc3)c3c4n(c(COc5ccccc5)nn24)CCCC3)c1. The maximum atomic E-state index is 6.13. The molecule has 0 spiro atoms. The molecule has 0 radical (unpaired) electrons. The molecule has 1 aliphatic rings. The molecule has 2 aromatic heterocycles. The number of aryl methyl sites for hydroxylation is 4. The fraction of sp³-hybridized carbons (Fsp3) is 0.226. The van der Waals surface area contributed by atoms with E-state index in [1.807, 2.05) is 30.3 Å². The molecule has 0 fully saturated rings. The first-order valence-electron chi connectivity index (χ1n) is 12.8. The number of anilines is 1. The summed E-state index contributed by atoms with van der Waals surface area (Å²) in [6.45, 7) is 5.53. The summed E-state index contributed by atoms with van der Waals surface area (Å²) < 4.78 is 10.5. The summed E-state index contributed by atoms with van der Waals surface area (Å²) in [5.41, 5.74) is 9.10. The standard InChI is InChI=1S/C31H30N4OS/c1-21-16-17-22(2)26(19-21)32-30(37)29-28(23-11-5-3-6-12-23)25-15-9-10-18-34-27(33-35(29)31(25)34)20-36-24-13-7-4-8-14-24/h3-8,11-14,16-17,19H,9-10,15,18,20H2,1-2H3,(H,32,37). The number of rotatable bonds is 6. The number of nitrogens with zero attached hydrogens (tertiary/aromatic N) is 3. The van der Waals surface area contributed by atoms with Gasteiger partial charge in [0.2, 0.25) is 0 Å². The Labute approximate surface area is 222 Å². The zero-order chi connectivity index (χ0) is 25.4. The number of hydrogen-bond donors (Lipinski definition) is 1. The lowest BCUT2D eigenvalue weighted by atomic mass is 9.98. The minimum absolute atomic E-state index is 0.405. The lowest BCUT2D eigenvalue weighted by Crippen LogP contribution is -2.16. The summed E-state index contributed by atoms with van der Waals surface area (Å²) in [5.74, 6) is 1.76. The van der Waals surface area contributed by atoms with Crippen molar-refractivity contribution in [1.82, 2.24) is 14.2 Å². The van der Waals surface area contributed by atoms with Gasteiger partial charge in [-0.05, 0) is 68.0 Å². The van der Waals surface area contributed by atoms with Crippen molar-refractivity contribution in [2.45, 2.75) is 46.3 Å². The number of aromatic nitrogens is 3. The van der Waals surface area contributed by atoms with Crippen LogP contribution in [0, 0.1) is 13.8 Å². The van der Waals surface area contributed by atoms with Crippen molar-refractivity contribution in [3.05, 3.63) is 107 Å². The Morgan fingerprint density at radius 2 is 1.73 bits per heavy atom. The molecule has 0 bridgehead atoms. The van der Waals surface area contributed by atoms with E-state index in [1.165, 1.54) is 22.3 Å². The molecule has 3 heterocycles. The van der Waals surface area contributed by atoms with Crippen molar-refractivity contribution >= 4 is 28.5 Å². The van der Waals surface area contributed by atoms with E-state index in [1.54, 1.807) is 0 Å². The van der Waals surface area contributed by atoms with Gasteiger partial charge in [-0.25, -0.2) is 4.52 Å². The minimum atomic E-state index is 0.405. The van der Waals surface area contributed by atoms with Crippen LogP contribution in [-0.4, -0.2) is 19.2 Å². The summed E-state index contributed by atoms with van der Waals surface area (Å²) in [7, 11) is 0. The molecule has 1 N–H and O–H groups in total. The number of para-hydroxylation sites is 1. The van der Waals surface area contributed by atoms with Gasteiger partial charge in [0, 0.05) is 23.4 Å². The number of benzene rings is 3. The van der Waals surface area contributed by atoms with Crippen LogP contribution in [0.5, 0.6) is 5.75 Å². The first-order valence-corrected chi connectivity index (χ1v) is 13.3. The second-order valence-electron chi connectivity index (χ2n) is 9.70. The van der Waals surface area contributed by atoms with Crippen LogP contribution < -0.4 is 10.1 Å². The van der Waals surface area contributed by atoms with E-state index in [-0.39, 0.29) is 0 Å². The molecular formula is C31H30N4OS. The van der Waals surface area contributed by atoms with E-state index in [2.05, 4.69) is 76.8 Å². The third-order valence-corrected chi connectivity index (χ3v) is 7.39. The van der Waals surface area contributed by atoms with E-state index >= 15 is 0 Å². The largest absolute Gasteiger partial charge is 0.486 e. The van der Waals surface area contributed by atoms with E-state index in [9.17, 15) is 0 Å². The molecule has 0 amide bonds. The van der Waals surface area contributed by atoms with Gasteiger partial charge in [-0.15, -0.1) is 5.10 Å². The summed E-state index contributed by atoms with van der Waals surface area (Å²) >= 11 is 6.12. The third kappa shape index (κ3) is 4.42. The predicted octanol–water partition coefficient (Wildman–Crippen LogP) is 7.12. The molecule has 6 heteroatoms. The van der Waals surface area contributed by atoms with Crippen LogP contribution in [-0.2, 0) is 19.6 Å². The molecule has 0 aliphatic carbocycles. The molecule has 186 valence electrons. The minimum Gasteiger partial charge on any atom is -0.486 e. The van der Waals surface area contributed by atoms with Gasteiger partial charge >= 0.3 is 0 Å². The molecule has 6 rings (SSSR count). The van der Waals surface area contributed by atoms with Crippen LogP contribution in [0.4, 0.5) is 5.69 Å². The lowest BCUT2D eigenvalue weighted by Gasteiger charge is -2.14. The number of hydrogen-bond acceptors (Lipinski definition) is 3. The average Bonchev–Trinajstić information content (AvgIpc) is 3.32. The Bertz CT molecular complexity index is 1580. The van der Waals surface area contributed by atoms with Crippen molar-refractivity contribution in [2.24, 2.45) is 0 Å². The first-order chi connectivity index (χ1) is 18.1. The van der Waals surface area contributed by atoms with E-state index in [0.29, 0.717) is 11.6 Å². The average molecular weight is 507 g/mol. The van der Waals surface area contributed by atoms with Crippen LogP contribution in [0.25, 0.3) is 16.8 Å². The maximum absolute atomic E-state index is 6.13. The van der Waals surface area contributed by atoms with Crippen molar-refractivity contribution in [1.29, 1.82) is 0 Å². The highest BCUT2D eigenvalue weighted by atomic mass is 32.1. The highest BCUT2D eigenvalue weighted by Crippen LogP contribution is 2.37. The third-order valence-electron chi connectivity index (χ3n) is 7.09. The second-order valence-corrected chi connectivity index (χ2v) is 10.1. The summed E-state index contributed by atoms with van der Waals surface area (Å²) in [5, 5.41) is 8.68. The quantitative estimate of drug-likeness (QED) is 0.249. The van der Waals surface area contributed by atoms with E-state index < -0.39 is 0 Å². The van der Waals surface area contributed by atoms with Crippen LogP contribution >= 0.6 is 12.2 Å². The number of thiocarbonyl (C=S) groups is 1. The Kier molecular flexibility index (Phi) is 6.26. The van der Waals surface area contributed by atoms with Gasteiger partial charge in [-0.3, -0.25) is 0 Å². The van der Waals surface area contributed by atoms with Crippen LogP contribution in [0.2, 0.25) is 0 Å². The topological polar surface area (TPSA) is 43.5 Å². The molecular weight excluding hydrogens is 476 g/mol. The highest BCUT2D eigenvalue weighted by molar-refractivity contribution is 7.81. The van der Waals surface area contributed by atoms with Crippen LogP contribution in [0.15, 0.2) is 78.9 Å². The molecule has 1 aliphatic heterocycles. The Morgan fingerprint density at radius 1 is 0.973 bits per heavy atom. The molecule has 37 heavy (non-hydrogen) atoms. The van der Waals surface area contributed by atoms with Crippen LogP contribution in [0.3, 0.4) is 0 Å². The molecule has 5 aromatic rings. The van der Waals surface area contributed by atoms with Gasteiger partial charge in [0.15, 0.2) is 5.82 Å². The van der Waals surface area contributed by atoms with Gasteiger partial charge in [0.05, 0.1) is 0 Å². The van der Waals surface area contributed by atoms with E-state index in [0.717, 1.165) is 60.0 Å². The number of ether oxygens (including phenoxy) is 1. The van der Waals surface area contributed by atoms with Gasteiger partial charge in [-0.2, -0.15) is 0 Å². The van der Waals surface area contributed by atoms with Gasteiger partial charge in [-0.1, -0.05) is 72.9 Å². The molecule has 0 unspecified atom stereocenters. The lowest BCUT2D eigenvalue weighted by molar-refractivity contribution is 0.288. The van der Waals surface area contributed by atoms with Crippen molar-refractivity contribution in [2.75, 3.05) is 5.32 Å². The Hall–Kier alpha value is -3.90. The Morgan fingerprint density at radius 3 is 2.51 bits per heavy atom. The monoisotopic (exact) mass is 506 g/mol. The maximum Gasteiger partial charge on any atom is 0.169 e. The smallest absolute Gasteiger partial charge is 0.169 e. The predicted molar refractivity (Wildman–Crippen MR) is 154 cm³/mol. The molecule has 5 nitrogen and oxygen atoms in total. The Balaban J connectivity index is 1.50. The summed E-state index contributed by atoms with van der Waals surface area (Å²) in [6, 6.07) is 26.9. The molecule has 0 atom stereocenters. The van der Waals surface area contributed by atoms with E-state index in [4.69, 9.17) is 22.1 Å². The number of nitrogens with one attached hydrogen (secondary N) is 1. The summed E-state index contributed by atoms with van der Waals surface area (Å²) in [4.78, 5) is 0.676. The molecule has 0 saturated carbocycles. The summed E-state index contributed by atoms with van der Waals surface area (Å²) in [6.07, 6.45) is 3.22. The zero-order valence-corrected chi connectivity index (χ0v) is 22.0. The van der Waals surface area contributed by atoms with Gasteiger partial charge in [0.25, 0.3) is 0 Å². The van der Waals surface area contributed by atoms with Gasteiger partial charge in [0.1, 0.15) is 28.7 Å². The van der Waals surface area contributed by atoms with Crippen molar-refractivity contribution in [3.8, 4) is 16.9 Å². The van der Waals surface area contributed by atoms with Gasteiger partial charge < -0.3 is 14.6 Å². The highest BCUT2D eigenvalue weighted by Gasteiger charge is 2.29.